The zero-order valence-corrected chi connectivity index (χ0v) is 28.1. The highest BCUT2D eigenvalue weighted by atomic mass is 19.1. The molecule has 14 heteroatoms. The van der Waals surface area contributed by atoms with Crippen molar-refractivity contribution in [2.75, 3.05) is 83.1 Å². The number of amides is 1. The highest BCUT2D eigenvalue weighted by Crippen LogP contribution is 2.40. The fourth-order valence-corrected chi connectivity index (χ4v) is 5.89. The summed E-state index contributed by atoms with van der Waals surface area (Å²) in [6.07, 6.45) is 6.22. The van der Waals surface area contributed by atoms with E-state index in [1.54, 1.807) is 24.4 Å². The van der Waals surface area contributed by atoms with Crippen molar-refractivity contribution in [3.8, 4) is 22.6 Å². The molecule has 12 nitrogen and oxygen atoms in total. The van der Waals surface area contributed by atoms with Crippen molar-refractivity contribution in [1.82, 2.24) is 29.4 Å². The molecule has 1 aliphatic rings. The van der Waals surface area contributed by atoms with Crippen molar-refractivity contribution >= 4 is 45.3 Å². The van der Waals surface area contributed by atoms with Gasteiger partial charge in [-0.3, -0.25) is 4.79 Å². The van der Waals surface area contributed by atoms with Crippen LogP contribution in [0, 0.1) is 11.6 Å². The van der Waals surface area contributed by atoms with Crippen molar-refractivity contribution in [2.24, 2.45) is 0 Å². The van der Waals surface area contributed by atoms with E-state index in [-0.39, 0.29) is 34.2 Å². The van der Waals surface area contributed by atoms with Crippen molar-refractivity contribution in [3.63, 3.8) is 0 Å². The van der Waals surface area contributed by atoms with Crippen LogP contribution in [0.5, 0.6) is 11.5 Å². The van der Waals surface area contributed by atoms with Crippen LogP contribution in [0.15, 0.2) is 61.1 Å². The molecule has 1 fully saturated rings. The second kappa shape index (κ2) is 14.4. The molecule has 0 radical (unpaired) electrons. The predicted octanol–water partition coefficient (Wildman–Crippen LogP) is 5.18. The number of hydrogen-bond acceptors (Lipinski definition) is 10. The average molecular weight is 672 g/mol. The van der Waals surface area contributed by atoms with Crippen molar-refractivity contribution in [2.45, 2.75) is 6.92 Å². The molecule has 0 atom stereocenters. The van der Waals surface area contributed by atoms with Crippen molar-refractivity contribution < 1.29 is 23.0 Å². The van der Waals surface area contributed by atoms with E-state index in [2.05, 4.69) is 42.4 Å². The number of nitrogens with zero attached hydrogens (tertiary/aromatic N) is 7. The maximum absolute atomic E-state index is 15.5. The molecule has 2 aromatic carbocycles. The number of methoxy groups -OCH3 is 2. The first-order chi connectivity index (χ1) is 23.7. The van der Waals surface area contributed by atoms with Gasteiger partial charge in [-0.2, -0.15) is 5.10 Å². The number of ether oxygens (including phenoxy) is 2. The number of carbonyl (C=O) groups is 1. The highest BCUT2D eigenvalue weighted by Gasteiger charge is 2.25. The lowest BCUT2D eigenvalue weighted by Gasteiger charge is -2.35. The van der Waals surface area contributed by atoms with Gasteiger partial charge < -0.3 is 34.8 Å². The van der Waals surface area contributed by atoms with Gasteiger partial charge in [0.05, 0.1) is 36.7 Å². The van der Waals surface area contributed by atoms with Gasteiger partial charge in [0, 0.05) is 73.8 Å². The van der Waals surface area contributed by atoms with Gasteiger partial charge in [0.2, 0.25) is 5.91 Å². The zero-order chi connectivity index (χ0) is 34.7. The van der Waals surface area contributed by atoms with Crippen LogP contribution in [0.2, 0.25) is 0 Å². The third-order valence-corrected chi connectivity index (χ3v) is 8.52. The molecular weight excluding hydrogens is 632 g/mol. The molecule has 1 aliphatic heterocycles. The third-order valence-electron chi connectivity index (χ3n) is 8.52. The van der Waals surface area contributed by atoms with Gasteiger partial charge in [0.25, 0.3) is 0 Å². The molecule has 1 amide bonds. The lowest BCUT2D eigenvalue weighted by molar-refractivity contribution is -0.111. The number of benzene rings is 2. The summed E-state index contributed by atoms with van der Waals surface area (Å²) < 4.78 is 42.9. The van der Waals surface area contributed by atoms with Crippen LogP contribution in [-0.2, 0) is 4.79 Å². The van der Waals surface area contributed by atoms with E-state index in [0.29, 0.717) is 34.6 Å². The van der Waals surface area contributed by atoms with Crippen LogP contribution in [0.1, 0.15) is 6.92 Å². The Bertz CT molecular complexity index is 2000. The first-order valence-electron chi connectivity index (χ1n) is 15.9. The summed E-state index contributed by atoms with van der Waals surface area (Å²) in [6, 6.07) is 10.4. The predicted molar refractivity (Wildman–Crippen MR) is 187 cm³/mol. The SMILES string of the molecule is CCN1CCN(c2ccc(Nc3cc4c(cn3)cc(-c3c(F)c(OC)cc(OC)c3F)c3ncnn34)c(NC(=O)/C=C/CN(C)C)c2)CC1. The van der Waals surface area contributed by atoms with Crippen molar-refractivity contribution in [3.05, 3.63) is 72.7 Å². The first-order valence-corrected chi connectivity index (χ1v) is 15.9. The standard InChI is InChI=1S/C35H39F2N9O3/c1-6-44-12-14-45(15-13-44)23-9-10-25(26(17-23)42-31(47)8-7-11-43(2)3)41-30-18-27-22(20-38-30)16-24(35-39-21-40-46(27)35)32-33(36)28(48-4)19-29(49-5)34(32)37/h7-10,16-21H,6,11-15H2,1-5H3,(H,38,41)(H,42,47)/b8-7+. The summed E-state index contributed by atoms with van der Waals surface area (Å²) in [5.74, 6) is -1.92. The molecule has 5 aromatic rings. The number of aromatic nitrogens is 4. The second-order valence-corrected chi connectivity index (χ2v) is 11.9. The number of likely N-dealkylation sites (N-methyl/N-ethyl adjacent to an activating group) is 2. The summed E-state index contributed by atoms with van der Waals surface area (Å²) in [4.78, 5) is 28.6. The molecule has 49 heavy (non-hydrogen) atoms. The minimum absolute atomic E-state index is 0.155. The first kappa shape index (κ1) is 33.6. The summed E-state index contributed by atoms with van der Waals surface area (Å²) in [6.45, 7) is 7.51. The van der Waals surface area contributed by atoms with E-state index in [1.807, 2.05) is 37.2 Å². The zero-order valence-electron chi connectivity index (χ0n) is 28.1. The third kappa shape index (κ3) is 6.96. The molecular formula is C35H39F2N9O3. The Balaban J connectivity index is 1.37. The summed E-state index contributed by atoms with van der Waals surface area (Å²) in [7, 11) is 6.46. The van der Waals surface area contributed by atoms with Crippen LogP contribution < -0.4 is 25.0 Å². The minimum Gasteiger partial charge on any atom is -0.494 e. The summed E-state index contributed by atoms with van der Waals surface area (Å²) >= 11 is 0. The lowest BCUT2D eigenvalue weighted by Crippen LogP contribution is -2.46. The number of halogens is 2. The Morgan fingerprint density at radius 3 is 2.39 bits per heavy atom. The Morgan fingerprint density at radius 2 is 1.71 bits per heavy atom. The second-order valence-electron chi connectivity index (χ2n) is 11.9. The molecule has 3 aromatic heterocycles. The smallest absolute Gasteiger partial charge is 0.248 e. The van der Waals surface area contributed by atoms with Gasteiger partial charge in [-0.25, -0.2) is 23.3 Å². The number of fused-ring (bicyclic) bond motifs is 3. The molecule has 0 saturated carbocycles. The van der Waals surface area contributed by atoms with E-state index < -0.39 is 11.6 Å². The Kier molecular flexibility index (Phi) is 9.87. The number of hydrogen-bond donors (Lipinski definition) is 2. The van der Waals surface area contributed by atoms with E-state index >= 15 is 8.78 Å². The Labute approximate surface area is 282 Å². The van der Waals surface area contributed by atoms with Crippen LogP contribution in [0.3, 0.4) is 0 Å². The molecule has 256 valence electrons. The Morgan fingerprint density at radius 1 is 0.980 bits per heavy atom. The minimum atomic E-state index is -0.891. The molecule has 6 rings (SSSR count). The maximum atomic E-state index is 15.5. The average Bonchev–Trinajstić information content (AvgIpc) is 3.60. The fourth-order valence-electron chi connectivity index (χ4n) is 5.89. The van der Waals surface area contributed by atoms with Crippen LogP contribution in [0.25, 0.3) is 27.7 Å². The van der Waals surface area contributed by atoms with Gasteiger partial charge in [-0.05, 0) is 44.9 Å². The monoisotopic (exact) mass is 671 g/mol. The molecule has 0 unspecified atom stereocenters. The molecule has 0 bridgehead atoms. The largest absolute Gasteiger partial charge is 0.494 e. The van der Waals surface area contributed by atoms with Gasteiger partial charge in [0.1, 0.15) is 12.1 Å². The number of piperazine rings is 1. The van der Waals surface area contributed by atoms with Gasteiger partial charge in [-0.15, -0.1) is 0 Å². The van der Waals surface area contributed by atoms with Crippen LogP contribution in [0.4, 0.5) is 31.7 Å². The number of pyridine rings is 2. The number of carbonyl (C=O) groups excluding carboxylic acids is 1. The molecule has 0 spiro atoms. The van der Waals surface area contributed by atoms with Crippen molar-refractivity contribution in [1.29, 1.82) is 0 Å². The van der Waals surface area contributed by atoms with Crippen LogP contribution >= 0.6 is 0 Å². The van der Waals surface area contributed by atoms with Gasteiger partial charge >= 0.3 is 0 Å². The normalized spacial score (nSPS) is 13.9. The lowest BCUT2D eigenvalue weighted by atomic mass is 10.0. The number of nitrogens with one attached hydrogen (secondary N) is 2. The Hall–Kier alpha value is -5.34. The number of anilines is 4. The molecule has 1 saturated heterocycles. The van der Waals surface area contributed by atoms with E-state index in [9.17, 15) is 4.79 Å². The van der Waals surface area contributed by atoms with E-state index in [0.717, 1.165) is 44.5 Å². The summed E-state index contributed by atoms with van der Waals surface area (Å²) in [5, 5.41) is 11.3. The van der Waals surface area contributed by atoms with Gasteiger partial charge in [-0.1, -0.05) is 13.0 Å². The topological polar surface area (TPSA) is 112 Å². The maximum Gasteiger partial charge on any atom is 0.248 e. The summed E-state index contributed by atoms with van der Waals surface area (Å²) in [5.41, 5.74) is 2.85. The quantitative estimate of drug-likeness (QED) is 0.182. The number of rotatable bonds is 11. The molecule has 0 aliphatic carbocycles. The highest BCUT2D eigenvalue weighted by molar-refractivity contribution is 6.02. The van der Waals surface area contributed by atoms with E-state index in [1.165, 1.54) is 31.1 Å². The molecule has 4 heterocycles. The fraction of sp³-hybridized carbons (Fsp3) is 0.314. The molecule has 2 N–H and O–H groups in total. The van der Waals surface area contributed by atoms with E-state index in [4.69, 9.17) is 9.47 Å². The van der Waals surface area contributed by atoms with Crippen LogP contribution in [-0.4, -0.2) is 103 Å². The van der Waals surface area contributed by atoms with Gasteiger partial charge in [0.15, 0.2) is 28.8 Å².